The highest BCUT2D eigenvalue weighted by molar-refractivity contribution is 8.76. The molecule has 0 radical (unpaired) electrons. The third-order valence-electron chi connectivity index (χ3n) is 4.76. The fourth-order valence-corrected chi connectivity index (χ4v) is 6.06. The van der Waals surface area contributed by atoms with Crippen LogP contribution in [0.1, 0.15) is 25.7 Å². The first kappa shape index (κ1) is 36.9. The molecule has 0 fully saturated rings. The van der Waals surface area contributed by atoms with Crippen LogP contribution in [-0.4, -0.2) is 102 Å². The summed E-state index contributed by atoms with van der Waals surface area (Å²) in [6.45, 7) is 2.60. The molecular weight excluding hydrogens is 565 g/mol. The van der Waals surface area contributed by atoms with Gasteiger partial charge in [0.2, 0.25) is 0 Å². The monoisotopic (exact) mass is 608 g/mol. The van der Waals surface area contributed by atoms with Crippen LogP contribution < -0.4 is 0 Å². The molecule has 0 amide bonds. The van der Waals surface area contributed by atoms with E-state index in [-0.39, 0.29) is 9.79 Å². The average Bonchev–Trinajstić information content (AvgIpc) is 2.80. The fraction of sp³-hybridized carbons (Fsp3) is 0.538. The molecule has 0 aromatic heterocycles. The molecule has 0 atom stereocenters. The Balaban J connectivity index is 0.000000579. The van der Waals surface area contributed by atoms with Gasteiger partial charge in [0.25, 0.3) is 0 Å². The maximum atomic E-state index is 10.3. The van der Waals surface area contributed by atoms with E-state index in [1.807, 2.05) is 0 Å². The first-order valence-electron chi connectivity index (χ1n) is 12.3. The molecule has 0 saturated heterocycles. The summed E-state index contributed by atoms with van der Waals surface area (Å²) in [5.74, 6) is 2.64. The highest BCUT2D eigenvalue weighted by Crippen LogP contribution is 2.24. The number of hydrogen-bond acceptors (Lipinski definition) is 8. The molecule has 0 saturated carbocycles. The molecule has 0 heterocycles. The number of quaternary nitrogens is 2. The zero-order valence-corrected chi connectivity index (χ0v) is 26.7. The van der Waals surface area contributed by atoms with Gasteiger partial charge in [0, 0.05) is 11.5 Å². The van der Waals surface area contributed by atoms with Crippen molar-refractivity contribution in [2.45, 2.75) is 35.5 Å². The van der Waals surface area contributed by atoms with Gasteiger partial charge in [-0.3, -0.25) is 0 Å². The molecule has 12 heteroatoms. The Bertz CT molecular complexity index is 995. The molecule has 2 rings (SSSR count). The molecule has 38 heavy (non-hydrogen) atoms. The van der Waals surface area contributed by atoms with Gasteiger partial charge in [-0.1, -0.05) is 58.0 Å². The van der Waals surface area contributed by atoms with E-state index in [9.17, 15) is 25.9 Å². The van der Waals surface area contributed by atoms with Gasteiger partial charge in [-0.2, -0.15) is 0 Å². The first-order chi connectivity index (χ1) is 17.4. The number of nitrogens with zero attached hydrogens (tertiary/aromatic N) is 2. The van der Waals surface area contributed by atoms with Gasteiger partial charge >= 0.3 is 0 Å². The highest BCUT2D eigenvalue weighted by Gasteiger charge is 2.06. The maximum absolute atomic E-state index is 10.3. The molecule has 2 aromatic rings. The zero-order chi connectivity index (χ0) is 29.3. The summed E-state index contributed by atoms with van der Waals surface area (Å²) in [6.07, 6.45) is 5.45. The summed E-state index contributed by atoms with van der Waals surface area (Å²) >= 11 is 0. The van der Waals surface area contributed by atoms with E-state index in [2.05, 4.69) is 63.9 Å². The molecule has 0 unspecified atom stereocenters. The lowest BCUT2D eigenvalue weighted by Gasteiger charge is -2.23. The van der Waals surface area contributed by atoms with E-state index in [0.29, 0.717) is 0 Å². The van der Waals surface area contributed by atoms with Crippen LogP contribution in [0.2, 0.25) is 0 Å². The molecule has 0 N–H and O–H groups in total. The van der Waals surface area contributed by atoms with Crippen molar-refractivity contribution >= 4 is 41.8 Å². The Morgan fingerprint density at radius 2 is 0.842 bits per heavy atom. The Kier molecular flexibility index (Phi) is 17.7. The van der Waals surface area contributed by atoms with Crippen molar-refractivity contribution in [1.82, 2.24) is 0 Å². The summed E-state index contributed by atoms with van der Waals surface area (Å²) in [6, 6.07) is 14.4. The molecule has 0 aliphatic carbocycles. The van der Waals surface area contributed by atoms with Crippen molar-refractivity contribution < 1.29 is 34.9 Å². The number of rotatable bonds is 13. The first-order valence-corrected chi connectivity index (χ1v) is 17.6. The summed E-state index contributed by atoms with van der Waals surface area (Å²) in [4.78, 5) is -0.370. The van der Waals surface area contributed by atoms with Gasteiger partial charge < -0.3 is 18.1 Å². The minimum Gasteiger partial charge on any atom is -0.744 e. The smallest absolute Gasteiger partial charge is 0.124 e. The Morgan fingerprint density at radius 3 is 1.05 bits per heavy atom. The van der Waals surface area contributed by atoms with Crippen LogP contribution in [0.25, 0.3) is 0 Å². The van der Waals surface area contributed by atoms with Crippen molar-refractivity contribution in [2.24, 2.45) is 0 Å². The van der Waals surface area contributed by atoms with Gasteiger partial charge in [-0.05, 0) is 49.9 Å². The predicted octanol–water partition coefficient (Wildman–Crippen LogP) is 4.52. The fourth-order valence-electron chi connectivity index (χ4n) is 2.79. The lowest BCUT2D eigenvalue weighted by Crippen LogP contribution is -2.35. The van der Waals surface area contributed by atoms with Crippen LogP contribution in [0, 0.1) is 0 Å². The van der Waals surface area contributed by atoms with Crippen molar-refractivity contribution in [3.8, 4) is 0 Å². The minimum atomic E-state index is -4.25. The molecular formula is C26H44N2O6S4. The summed E-state index contributed by atoms with van der Waals surface area (Å²) in [5, 5.41) is 0. The molecule has 0 bridgehead atoms. The van der Waals surface area contributed by atoms with Crippen LogP contribution in [0.4, 0.5) is 0 Å². The van der Waals surface area contributed by atoms with Crippen LogP contribution in [0.5, 0.6) is 0 Å². The molecule has 2 aromatic carbocycles. The number of unbranched alkanes of at least 4 members (excludes halogenated alkanes) is 2. The van der Waals surface area contributed by atoms with E-state index in [1.54, 1.807) is 12.1 Å². The van der Waals surface area contributed by atoms with Crippen LogP contribution in [-0.2, 0) is 20.2 Å². The van der Waals surface area contributed by atoms with Crippen LogP contribution >= 0.6 is 21.6 Å². The standard InChI is InChI=1S/C14H34N2S2.2C6H6O3S/c1-15(2,3)11-7-9-13-17-18-14-10-8-12-16(4,5)6;2*7-10(8,9)6-4-2-1-3-5-6/h7-14H2,1-6H3;2*1-5H,(H,7,8,9)/q+2;;/p-2. The predicted molar refractivity (Wildman–Crippen MR) is 158 cm³/mol. The molecule has 0 aliphatic rings. The van der Waals surface area contributed by atoms with Gasteiger partial charge in [0.15, 0.2) is 0 Å². The topological polar surface area (TPSA) is 114 Å². The molecule has 8 nitrogen and oxygen atoms in total. The summed E-state index contributed by atoms with van der Waals surface area (Å²) < 4.78 is 63.9. The normalized spacial score (nSPS) is 12.1. The lowest BCUT2D eigenvalue weighted by molar-refractivity contribution is -0.870. The van der Waals surface area contributed by atoms with Crippen molar-refractivity contribution in [1.29, 1.82) is 0 Å². The van der Waals surface area contributed by atoms with Crippen LogP contribution in [0.15, 0.2) is 70.5 Å². The quantitative estimate of drug-likeness (QED) is 0.141. The zero-order valence-electron chi connectivity index (χ0n) is 23.4. The van der Waals surface area contributed by atoms with E-state index in [0.717, 1.165) is 8.97 Å². The third kappa shape index (κ3) is 22.8. The molecule has 0 aliphatic heterocycles. The number of benzene rings is 2. The number of hydrogen-bond donors (Lipinski definition) is 0. The van der Waals surface area contributed by atoms with E-state index >= 15 is 0 Å². The highest BCUT2D eigenvalue weighted by atomic mass is 33.1. The Hall–Kier alpha value is -1.12. The van der Waals surface area contributed by atoms with E-state index in [1.165, 1.54) is 98.8 Å². The van der Waals surface area contributed by atoms with Crippen LogP contribution in [0.3, 0.4) is 0 Å². The second-order valence-electron chi connectivity index (χ2n) is 10.6. The van der Waals surface area contributed by atoms with Crippen molar-refractivity contribution in [2.75, 3.05) is 66.9 Å². The lowest BCUT2D eigenvalue weighted by atomic mass is 10.3. The van der Waals surface area contributed by atoms with Gasteiger partial charge in [0.05, 0.1) is 65.2 Å². The molecule has 218 valence electrons. The Morgan fingerprint density at radius 1 is 0.553 bits per heavy atom. The van der Waals surface area contributed by atoms with Gasteiger partial charge in [-0.25, -0.2) is 16.8 Å². The summed E-state index contributed by atoms with van der Waals surface area (Å²) in [5.41, 5.74) is 0. The Labute approximate surface area is 238 Å². The average molecular weight is 609 g/mol. The van der Waals surface area contributed by atoms with E-state index in [4.69, 9.17) is 0 Å². The van der Waals surface area contributed by atoms with E-state index < -0.39 is 20.2 Å². The van der Waals surface area contributed by atoms with Crippen molar-refractivity contribution in [3.05, 3.63) is 60.7 Å². The third-order valence-corrected chi connectivity index (χ3v) is 9.04. The van der Waals surface area contributed by atoms with Crippen molar-refractivity contribution in [3.63, 3.8) is 0 Å². The van der Waals surface area contributed by atoms with Gasteiger partial charge in [-0.15, -0.1) is 0 Å². The minimum absolute atomic E-state index is 0.185. The largest absolute Gasteiger partial charge is 0.744 e. The molecule has 0 spiro atoms. The van der Waals surface area contributed by atoms with Gasteiger partial charge in [0.1, 0.15) is 20.2 Å². The maximum Gasteiger partial charge on any atom is 0.124 e. The second-order valence-corrected chi connectivity index (χ2v) is 16.1. The SMILES string of the molecule is C[N+](C)(C)CCCCSSCCCC[N+](C)(C)C.O=S(=O)([O-])c1ccccc1.O=S(=O)([O-])c1ccccc1. The second kappa shape index (κ2) is 18.3. The summed E-state index contributed by atoms with van der Waals surface area (Å²) in [7, 11) is 9.27.